The van der Waals surface area contributed by atoms with Crippen LogP contribution in [0.25, 0.3) is 0 Å². The Balaban J connectivity index is 2.18. The first kappa shape index (κ1) is 14.4. The van der Waals surface area contributed by atoms with E-state index in [1.54, 1.807) is 19.2 Å². The zero-order valence-electron chi connectivity index (χ0n) is 10.5. The van der Waals surface area contributed by atoms with Crippen molar-refractivity contribution in [3.05, 3.63) is 51.8 Å². The smallest absolute Gasteiger partial charge is 0.336 e. The van der Waals surface area contributed by atoms with Crippen LogP contribution in [0.3, 0.4) is 0 Å². The Labute approximate surface area is 123 Å². The van der Waals surface area contributed by atoms with Crippen LogP contribution >= 0.6 is 15.9 Å². The lowest BCUT2D eigenvalue weighted by molar-refractivity contribution is 0.0695. The van der Waals surface area contributed by atoms with Crippen molar-refractivity contribution in [2.75, 3.05) is 5.32 Å². The van der Waals surface area contributed by atoms with E-state index >= 15 is 0 Å². The van der Waals surface area contributed by atoms with Crippen LogP contribution in [0.4, 0.5) is 10.1 Å². The van der Waals surface area contributed by atoms with Gasteiger partial charge < -0.3 is 10.4 Å². The number of carboxylic acid groups (broad SMARTS) is 1. The normalized spacial score (nSPS) is 10.3. The van der Waals surface area contributed by atoms with Gasteiger partial charge in [-0.3, -0.25) is 0 Å². The second-order valence-corrected chi connectivity index (χ2v) is 4.84. The highest BCUT2D eigenvalue weighted by molar-refractivity contribution is 9.10. The minimum Gasteiger partial charge on any atom is -0.478 e. The van der Waals surface area contributed by atoms with Gasteiger partial charge in [0.1, 0.15) is 5.82 Å². The molecule has 5 nitrogen and oxygen atoms in total. The minimum absolute atomic E-state index is 0.0751. The van der Waals surface area contributed by atoms with Gasteiger partial charge in [0.2, 0.25) is 0 Å². The predicted octanol–water partition coefficient (Wildman–Crippen LogP) is 3.00. The highest BCUT2D eigenvalue weighted by Crippen LogP contribution is 2.27. The third kappa shape index (κ3) is 3.11. The third-order valence-corrected chi connectivity index (χ3v) is 3.38. The maximum absolute atomic E-state index is 14.0. The third-order valence-electron chi connectivity index (χ3n) is 2.61. The number of hydrogen-bond acceptors (Lipinski definition) is 4. The monoisotopic (exact) mass is 339 g/mol. The standard InChI is InChI=1S/C13H11BrFN3O2/c1-7-16-5-4-8(18-7)6-17-10-3-2-9(13(19)20)11(14)12(10)15/h2-5,17H,6H2,1H3,(H,19,20). The molecule has 0 aliphatic rings. The molecular weight excluding hydrogens is 329 g/mol. The van der Waals surface area contributed by atoms with Crippen molar-refractivity contribution in [1.29, 1.82) is 0 Å². The van der Waals surface area contributed by atoms with Crippen molar-refractivity contribution in [1.82, 2.24) is 9.97 Å². The fraction of sp³-hybridized carbons (Fsp3) is 0.154. The second kappa shape index (κ2) is 5.96. The summed E-state index contributed by atoms with van der Waals surface area (Å²) in [6, 6.07) is 4.44. The van der Waals surface area contributed by atoms with Crippen molar-refractivity contribution in [2.45, 2.75) is 13.5 Å². The van der Waals surface area contributed by atoms with Crippen LogP contribution in [0.5, 0.6) is 0 Å². The number of nitrogens with zero attached hydrogens (tertiary/aromatic N) is 2. The summed E-state index contributed by atoms with van der Waals surface area (Å²) in [4.78, 5) is 19.0. The number of benzene rings is 1. The van der Waals surface area contributed by atoms with Crippen LogP contribution in [0, 0.1) is 12.7 Å². The SMILES string of the molecule is Cc1nccc(CNc2ccc(C(=O)O)c(Br)c2F)n1. The zero-order valence-corrected chi connectivity index (χ0v) is 12.1. The molecular formula is C13H11BrFN3O2. The minimum atomic E-state index is -1.19. The Morgan fingerprint density at radius 2 is 2.20 bits per heavy atom. The van der Waals surface area contributed by atoms with Crippen molar-refractivity contribution < 1.29 is 14.3 Å². The molecule has 0 radical (unpaired) electrons. The fourth-order valence-electron chi connectivity index (χ4n) is 1.64. The molecule has 2 N–H and O–H groups in total. The van der Waals surface area contributed by atoms with Gasteiger partial charge in [-0.2, -0.15) is 0 Å². The Morgan fingerprint density at radius 3 is 2.85 bits per heavy atom. The first-order chi connectivity index (χ1) is 9.49. The van der Waals surface area contributed by atoms with E-state index in [1.165, 1.54) is 12.1 Å². The van der Waals surface area contributed by atoms with Gasteiger partial charge in [-0.15, -0.1) is 0 Å². The number of hydrogen-bond donors (Lipinski definition) is 2. The number of carboxylic acids is 1. The predicted molar refractivity (Wildman–Crippen MR) is 75.2 cm³/mol. The number of aryl methyl sites for hydroxylation is 1. The van der Waals surface area contributed by atoms with E-state index in [1.807, 2.05) is 0 Å². The van der Waals surface area contributed by atoms with Gasteiger partial charge in [-0.1, -0.05) is 0 Å². The summed E-state index contributed by atoms with van der Waals surface area (Å²) in [6.45, 7) is 2.08. The molecule has 1 aromatic heterocycles. The molecule has 0 fully saturated rings. The van der Waals surface area contributed by atoms with Crippen LogP contribution < -0.4 is 5.32 Å². The average molecular weight is 340 g/mol. The Morgan fingerprint density at radius 1 is 1.45 bits per heavy atom. The van der Waals surface area contributed by atoms with Gasteiger partial charge in [0, 0.05) is 6.20 Å². The largest absolute Gasteiger partial charge is 0.478 e. The van der Waals surface area contributed by atoms with Crippen LogP contribution in [-0.4, -0.2) is 21.0 Å². The Bertz CT molecular complexity index is 664. The molecule has 1 aromatic carbocycles. The lowest BCUT2D eigenvalue weighted by atomic mass is 10.2. The summed E-state index contributed by atoms with van der Waals surface area (Å²) >= 11 is 2.95. The molecule has 0 bridgehead atoms. The average Bonchev–Trinajstić information content (AvgIpc) is 2.40. The maximum atomic E-state index is 14.0. The van der Waals surface area contributed by atoms with Crippen molar-refractivity contribution in [3.63, 3.8) is 0 Å². The molecule has 0 unspecified atom stereocenters. The molecule has 0 amide bonds. The molecule has 1 heterocycles. The van der Waals surface area contributed by atoms with Crippen molar-refractivity contribution >= 4 is 27.6 Å². The van der Waals surface area contributed by atoms with Gasteiger partial charge in [0.05, 0.1) is 28.0 Å². The van der Waals surface area contributed by atoms with E-state index in [0.29, 0.717) is 12.4 Å². The first-order valence-electron chi connectivity index (χ1n) is 5.72. The van der Waals surface area contributed by atoms with Gasteiger partial charge in [0.25, 0.3) is 0 Å². The molecule has 2 rings (SSSR count). The number of halogens is 2. The van der Waals surface area contributed by atoms with Crippen molar-refractivity contribution in [2.24, 2.45) is 0 Å². The maximum Gasteiger partial charge on any atom is 0.336 e. The molecule has 0 aliphatic carbocycles. The summed E-state index contributed by atoms with van der Waals surface area (Å²) in [5.74, 6) is -1.20. The Hall–Kier alpha value is -2.02. The lowest BCUT2D eigenvalue weighted by Crippen LogP contribution is -2.07. The zero-order chi connectivity index (χ0) is 14.7. The van der Waals surface area contributed by atoms with Gasteiger partial charge in [-0.25, -0.2) is 19.2 Å². The molecule has 104 valence electrons. The molecule has 0 saturated carbocycles. The molecule has 2 aromatic rings. The van der Waals surface area contributed by atoms with E-state index in [9.17, 15) is 9.18 Å². The van der Waals surface area contributed by atoms with Crippen LogP contribution in [0.15, 0.2) is 28.9 Å². The second-order valence-electron chi connectivity index (χ2n) is 4.04. The molecule has 20 heavy (non-hydrogen) atoms. The summed E-state index contributed by atoms with van der Waals surface area (Å²) in [6.07, 6.45) is 1.62. The quantitative estimate of drug-likeness (QED) is 0.895. The molecule has 7 heteroatoms. The molecule has 0 atom stereocenters. The summed E-state index contributed by atoms with van der Waals surface area (Å²) in [7, 11) is 0. The summed E-state index contributed by atoms with van der Waals surface area (Å²) in [5, 5.41) is 11.8. The lowest BCUT2D eigenvalue weighted by Gasteiger charge is -2.10. The van der Waals surface area contributed by atoms with Crippen LogP contribution in [-0.2, 0) is 6.54 Å². The first-order valence-corrected chi connectivity index (χ1v) is 6.52. The van der Waals surface area contributed by atoms with E-state index in [0.717, 1.165) is 5.69 Å². The van der Waals surface area contributed by atoms with Crippen LogP contribution in [0.1, 0.15) is 21.9 Å². The molecule has 0 aliphatic heterocycles. The summed E-state index contributed by atoms with van der Waals surface area (Å²) in [5.41, 5.74) is 0.805. The van der Waals surface area contributed by atoms with E-state index in [4.69, 9.17) is 5.11 Å². The topological polar surface area (TPSA) is 75.1 Å². The Kier molecular flexibility index (Phi) is 4.29. The van der Waals surface area contributed by atoms with Gasteiger partial charge in [-0.05, 0) is 41.1 Å². The highest BCUT2D eigenvalue weighted by atomic mass is 79.9. The van der Waals surface area contributed by atoms with E-state index in [2.05, 4.69) is 31.2 Å². The summed E-state index contributed by atoms with van der Waals surface area (Å²) < 4.78 is 13.9. The molecule has 0 spiro atoms. The highest BCUT2D eigenvalue weighted by Gasteiger charge is 2.15. The molecule has 0 saturated heterocycles. The number of carbonyl (C=O) groups is 1. The van der Waals surface area contributed by atoms with Crippen LogP contribution in [0.2, 0.25) is 0 Å². The van der Waals surface area contributed by atoms with Gasteiger partial charge >= 0.3 is 5.97 Å². The van der Waals surface area contributed by atoms with Gasteiger partial charge in [0.15, 0.2) is 5.82 Å². The number of nitrogens with one attached hydrogen (secondary N) is 1. The van der Waals surface area contributed by atoms with E-state index < -0.39 is 11.8 Å². The number of aromatic nitrogens is 2. The van der Waals surface area contributed by atoms with E-state index in [-0.39, 0.29) is 15.7 Å². The number of rotatable bonds is 4. The fourth-order valence-corrected chi connectivity index (χ4v) is 2.16. The van der Waals surface area contributed by atoms with Crippen molar-refractivity contribution in [3.8, 4) is 0 Å². The number of anilines is 1. The number of aromatic carboxylic acids is 1.